The lowest BCUT2D eigenvalue weighted by Crippen LogP contribution is -2.48. The molecule has 1 aliphatic rings. The summed E-state index contributed by atoms with van der Waals surface area (Å²) < 4.78 is 0. The second-order valence-electron chi connectivity index (χ2n) is 6.20. The van der Waals surface area contributed by atoms with E-state index in [0.717, 1.165) is 18.4 Å². The molecule has 1 fully saturated rings. The zero-order chi connectivity index (χ0) is 12.6. The molecular weight excluding hydrogens is 206 g/mol. The van der Waals surface area contributed by atoms with Crippen LogP contribution in [0.3, 0.4) is 0 Å². The van der Waals surface area contributed by atoms with Gasteiger partial charge in [0.15, 0.2) is 0 Å². The van der Waals surface area contributed by atoms with Crippen LogP contribution >= 0.6 is 0 Å². The highest BCUT2D eigenvalue weighted by molar-refractivity contribution is 5.37. The smallest absolute Gasteiger partial charge is 0.00811 e. The van der Waals surface area contributed by atoms with Crippen molar-refractivity contribution in [3.63, 3.8) is 0 Å². The Balaban J connectivity index is 2.23. The fourth-order valence-electron chi connectivity index (χ4n) is 3.01. The van der Waals surface area contributed by atoms with Crippen molar-refractivity contribution in [3.05, 3.63) is 34.9 Å². The van der Waals surface area contributed by atoms with E-state index < -0.39 is 0 Å². The highest BCUT2D eigenvalue weighted by Gasteiger charge is 2.45. The van der Waals surface area contributed by atoms with E-state index in [1.807, 2.05) is 0 Å². The molecule has 94 valence electrons. The molecule has 1 aliphatic carbocycles. The van der Waals surface area contributed by atoms with Crippen LogP contribution in [0.25, 0.3) is 0 Å². The molecule has 1 nitrogen and oxygen atoms in total. The predicted molar refractivity (Wildman–Crippen MR) is 74.2 cm³/mol. The van der Waals surface area contributed by atoms with E-state index in [1.54, 1.807) is 0 Å². The lowest BCUT2D eigenvalue weighted by molar-refractivity contribution is 0.106. The van der Waals surface area contributed by atoms with Gasteiger partial charge in [-0.3, -0.25) is 0 Å². The molecule has 0 bridgehead atoms. The molecular formula is C16H25N. The Labute approximate surface area is 105 Å². The third-order valence-corrected chi connectivity index (χ3v) is 4.76. The van der Waals surface area contributed by atoms with Gasteiger partial charge >= 0.3 is 0 Å². The van der Waals surface area contributed by atoms with Crippen molar-refractivity contribution in [2.45, 2.75) is 46.0 Å². The molecule has 0 saturated heterocycles. The summed E-state index contributed by atoms with van der Waals surface area (Å²) in [5.41, 5.74) is 10.5. The van der Waals surface area contributed by atoms with Crippen molar-refractivity contribution in [2.75, 3.05) is 6.54 Å². The summed E-state index contributed by atoms with van der Waals surface area (Å²) in [6, 6.07) is 6.87. The predicted octanol–water partition coefficient (Wildman–Crippen LogP) is 3.57. The van der Waals surface area contributed by atoms with Crippen LogP contribution in [0.5, 0.6) is 0 Å². The van der Waals surface area contributed by atoms with Crippen LogP contribution in [-0.4, -0.2) is 6.54 Å². The van der Waals surface area contributed by atoms with Gasteiger partial charge < -0.3 is 5.73 Å². The van der Waals surface area contributed by atoms with Gasteiger partial charge in [-0.05, 0) is 55.2 Å². The summed E-state index contributed by atoms with van der Waals surface area (Å²) in [6.07, 6.45) is 2.54. The Kier molecular flexibility index (Phi) is 3.31. The van der Waals surface area contributed by atoms with Gasteiger partial charge in [0, 0.05) is 12.0 Å². The molecule has 1 aromatic carbocycles. The first-order valence-electron chi connectivity index (χ1n) is 6.76. The molecule has 1 aromatic rings. The first-order chi connectivity index (χ1) is 7.98. The summed E-state index contributed by atoms with van der Waals surface area (Å²) in [4.78, 5) is 0. The zero-order valence-corrected chi connectivity index (χ0v) is 11.6. The van der Waals surface area contributed by atoms with E-state index >= 15 is 0 Å². The average Bonchev–Trinajstić information content (AvgIpc) is 2.22. The minimum atomic E-state index is 0.271. The first-order valence-corrected chi connectivity index (χ1v) is 6.76. The molecule has 0 unspecified atom stereocenters. The van der Waals surface area contributed by atoms with Crippen LogP contribution in [0.4, 0.5) is 0 Å². The molecule has 2 rings (SSSR count). The van der Waals surface area contributed by atoms with Crippen LogP contribution in [0.2, 0.25) is 0 Å². The fraction of sp³-hybridized carbons (Fsp3) is 0.625. The second-order valence-corrected chi connectivity index (χ2v) is 6.20. The van der Waals surface area contributed by atoms with Crippen LogP contribution in [0.15, 0.2) is 18.2 Å². The highest BCUT2D eigenvalue weighted by atomic mass is 14.6. The lowest BCUT2D eigenvalue weighted by Gasteiger charge is -2.49. The third-order valence-electron chi connectivity index (χ3n) is 4.76. The van der Waals surface area contributed by atoms with E-state index in [9.17, 15) is 0 Å². The summed E-state index contributed by atoms with van der Waals surface area (Å²) >= 11 is 0. The van der Waals surface area contributed by atoms with E-state index in [2.05, 4.69) is 45.9 Å². The number of hydrogen-bond acceptors (Lipinski definition) is 1. The van der Waals surface area contributed by atoms with Gasteiger partial charge in [-0.1, -0.05) is 32.0 Å². The summed E-state index contributed by atoms with van der Waals surface area (Å²) in [7, 11) is 0. The quantitative estimate of drug-likeness (QED) is 0.845. The monoisotopic (exact) mass is 231 g/mol. The van der Waals surface area contributed by atoms with Gasteiger partial charge in [0.05, 0.1) is 0 Å². The maximum atomic E-state index is 6.05. The third kappa shape index (κ3) is 2.13. The lowest BCUT2D eigenvalue weighted by atomic mass is 9.56. The van der Waals surface area contributed by atoms with Crippen LogP contribution in [0, 0.1) is 25.7 Å². The van der Waals surface area contributed by atoms with Crippen molar-refractivity contribution < 1.29 is 0 Å². The molecule has 0 radical (unpaired) electrons. The van der Waals surface area contributed by atoms with Gasteiger partial charge in [-0.2, -0.15) is 0 Å². The van der Waals surface area contributed by atoms with Gasteiger partial charge in [-0.25, -0.2) is 0 Å². The normalized spacial score (nSPS) is 28.2. The number of benzene rings is 1. The van der Waals surface area contributed by atoms with Crippen molar-refractivity contribution in [1.29, 1.82) is 0 Å². The van der Waals surface area contributed by atoms with Crippen molar-refractivity contribution >= 4 is 0 Å². The largest absolute Gasteiger partial charge is 0.330 e. The summed E-state index contributed by atoms with van der Waals surface area (Å²) in [5.74, 6) is 1.65. The molecule has 0 atom stereocenters. The first kappa shape index (κ1) is 12.6. The van der Waals surface area contributed by atoms with Gasteiger partial charge in [0.25, 0.3) is 0 Å². The van der Waals surface area contributed by atoms with Crippen molar-refractivity contribution in [1.82, 2.24) is 0 Å². The molecule has 17 heavy (non-hydrogen) atoms. The topological polar surface area (TPSA) is 26.0 Å². The number of hydrogen-bond donors (Lipinski definition) is 1. The second kappa shape index (κ2) is 4.45. The van der Waals surface area contributed by atoms with Crippen LogP contribution in [0.1, 0.15) is 43.4 Å². The average molecular weight is 231 g/mol. The standard InChI is InChI=1S/C16H25N/c1-11(2)14-8-16(9-14,10-17)15-6-5-12(3)13(4)7-15/h5-7,11,14H,8-10,17H2,1-4H3. The molecule has 1 saturated carbocycles. The van der Waals surface area contributed by atoms with E-state index in [4.69, 9.17) is 5.73 Å². The van der Waals surface area contributed by atoms with E-state index in [1.165, 1.54) is 29.5 Å². The van der Waals surface area contributed by atoms with E-state index in [0.29, 0.717) is 0 Å². The van der Waals surface area contributed by atoms with Crippen LogP contribution < -0.4 is 5.73 Å². The van der Waals surface area contributed by atoms with Crippen molar-refractivity contribution in [3.8, 4) is 0 Å². The molecule has 0 heterocycles. The molecule has 0 spiro atoms. The Morgan fingerprint density at radius 2 is 1.88 bits per heavy atom. The number of rotatable bonds is 3. The van der Waals surface area contributed by atoms with Gasteiger partial charge in [0.1, 0.15) is 0 Å². The Morgan fingerprint density at radius 1 is 1.24 bits per heavy atom. The molecule has 0 aliphatic heterocycles. The number of aryl methyl sites for hydroxylation is 2. The molecule has 0 aromatic heterocycles. The van der Waals surface area contributed by atoms with E-state index in [-0.39, 0.29) is 5.41 Å². The molecule has 0 amide bonds. The minimum Gasteiger partial charge on any atom is -0.330 e. The SMILES string of the molecule is Cc1ccc(C2(CN)CC(C(C)C)C2)cc1C. The summed E-state index contributed by atoms with van der Waals surface area (Å²) in [6.45, 7) is 9.81. The summed E-state index contributed by atoms with van der Waals surface area (Å²) in [5, 5.41) is 0. The van der Waals surface area contributed by atoms with Gasteiger partial charge in [-0.15, -0.1) is 0 Å². The zero-order valence-electron chi connectivity index (χ0n) is 11.6. The highest BCUT2D eigenvalue weighted by Crippen LogP contribution is 2.50. The Hall–Kier alpha value is -0.820. The fourth-order valence-corrected chi connectivity index (χ4v) is 3.01. The molecule has 2 N–H and O–H groups in total. The van der Waals surface area contributed by atoms with Crippen molar-refractivity contribution in [2.24, 2.45) is 17.6 Å². The number of nitrogens with two attached hydrogens (primary N) is 1. The Bertz CT molecular complexity index is 400. The molecule has 1 heteroatoms. The Morgan fingerprint density at radius 3 is 2.35 bits per heavy atom. The van der Waals surface area contributed by atoms with Gasteiger partial charge in [0.2, 0.25) is 0 Å². The maximum absolute atomic E-state index is 6.05. The maximum Gasteiger partial charge on any atom is 0.00811 e. The minimum absolute atomic E-state index is 0.271. The van der Waals surface area contributed by atoms with Crippen LogP contribution in [-0.2, 0) is 5.41 Å².